The molecule has 0 fully saturated rings. The number of ether oxygens (including phenoxy) is 1. The number of anilines is 2. The first-order valence-corrected chi connectivity index (χ1v) is 9.97. The molecule has 0 N–H and O–H groups in total. The highest BCUT2D eigenvalue weighted by atomic mass is 127. The highest BCUT2D eigenvalue weighted by Crippen LogP contribution is 2.41. The van der Waals surface area contributed by atoms with Gasteiger partial charge in [0, 0.05) is 10.8 Å². The summed E-state index contributed by atoms with van der Waals surface area (Å²) in [7, 11) is 0. The minimum absolute atomic E-state index is 0.255. The van der Waals surface area contributed by atoms with Crippen molar-refractivity contribution in [1.82, 2.24) is 0 Å². The molecule has 150 valence electrons. The number of hydrogen-bond acceptors (Lipinski definition) is 3. The number of alkyl halides is 3. The van der Waals surface area contributed by atoms with Crippen LogP contribution in [0, 0.1) is 0 Å². The third kappa shape index (κ3) is 3.88. The fourth-order valence-electron chi connectivity index (χ4n) is 3.35. The van der Waals surface area contributed by atoms with Crippen LogP contribution in [0.25, 0.3) is 21.9 Å². The van der Waals surface area contributed by atoms with Gasteiger partial charge in [-0.25, -0.2) is 0 Å². The van der Waals surface area contributed by atoms with Crippen LogP contribution < -0.4 is 7.85 Å². The largest absolute Gasteiger partial charge is 0.573 e. The zero-order valence-electron chi connectivity index (χ0n) is 15.6. The van der Waals surface area contributed by atoms with E-state index in [1.165, 1.54) is 12.1 Å². The van der Waals surface area contributed by atoms with Crippen LogP contribution in [0.1, 0.15) is 25.3 Å². The van der Waals surface area contributed by atoms with E-state index in [1.54, 1.807) is 12.1 Å². The molecule has 0 saturated carbocycles. The van der Waals surface area contributed by atoms with E-state index in [2.05, 4.69) is 47.5 Å². The summed E-state index contributed by atoms with van der Waals surface area (Å²) in [6.07, 6.45) is -4.71. The molecule has 4 rings (SSSR count). The lowest BCUT2D eigenvalue weighted by molar-refractivity contribution is -0.274. The van der Waals surface area contributed by atoms with Crippen molar-refractivity contribution in [2.45, 2.75) is 26.1 Å². The molecule has 29 heavy (non-hydrogen) atoms. The van der Waals surface area contributed by atoms with Gasteiger partial charge in [-0.15, -0.1) is 13.2 Å². The molecule has 0 amide bonds. The van der Waals surface area contributed by atoms with Gasteiger partial charge in [-0.2, -0.15) is 0 Å². The van der Waals surface area contributed by atoms with E-state index < -0.39 is 6.36 Å². The molecule has 0 atom stereocenters. The predicted molar refractivity (Wildman–Crippen MR) is 117 cm³/mol. The lowest BCUT2D eigenvalue weighted by atomic mass is 10.0. The van der Waals surface area contributed by atoms with E-state index in [0.29, 0.717) is 11.6 Å². The van der Waals surface area contributed by atoms with Gasteiger partial charge in [-0.3, -0.25) is 3.11 Å². The fourth-order valence-corrected chi connectivity index (χ4v) is 4.06. The van der Waals surface area contributed by atoms with E-state index >= 15 is 0 Å². The van der Waals surface area contributed by atoms with Crippen LogP contribution in [0.4, 0.5) is 24.5 Å². The number of nitrogens with zero attached hydrogens (tertiary/aromatic N) is 1. The van der Waals surface area contributed by atoms with Gasteiger partial charge in [0.25, 0.3) is 0 Å². The molecule has 1 heterocycles. The second-order valence-electron chi connectivity index (χ2n) is 6.96. The van der Waals surface area contributed by atoms with Crippen LogP contribution in [0.2, 0.25) is 0 Å². The molecular weight excluding hydrogens is 494 g/mol. The number of halogens is 4. The molecule has 0 saturated heterocycles. The van der Waals surface area contributed by atoms with Gasteiger partial charge in [0.15, 0.2) is 5.58 Å². The first-order chi connectivity index (χ1) is 13.7. The van der Waals surface area contributed by atoms with Gasteiger partial charge < -0.3 is 9.15 Å². The number of benzene rings is 3. The van der Waals surface area contributed by atoms with Gasteiger partial charge in [0.05, 0.1) is 34.2 Å². The Balaban J connectivity index is 1.77. The zero-order valence-corrected chi connectivity index (χ0v) is 17.8. The van der Waals surface area contributed by atoms with Gasteiger partial charge in [-0.05, 0) is 41.8 Å². The number of hydrogen-bond donors (Lipinski definition) is 0. The predicted octanol–water partition coefficient (Wildman–Crippen LogP) is 8.10. The lowest BCUT2D eigenvalue weighted by Crippen LogP contribution is -2.17. The van der Waals surface area contributed by atoms with E-state index in [4.69, 9.17) is 4.42 Å². The summed E-state index contributed by atoms with van der Waals surface area (Å²) in [5, 5.41) is 2.05. The highest BCUT2D eigenvalue weighted by Gasteiger charge is 2.31. The Bertz CT molecular complexity index is 1170. The van der Waals surface area contributed by atoms with Crippen molar-refractivity contribution >= 4 is 56.2 Å². The van der Waals surface area contributed by atoms with Crippen molar-refractivity contribution in [1.29, 1.82) is 0 Å². The summed E-state index contributed by atoms with van der Waals surface area (Å²) in [4.78, 5) is 0. The van der Waals surface area contributed by atoms with Crippen molar-refractivity contribution < 1.29 is 22.3 Å². The number of fused-ring (bicyclic) bond motifs is 3. The Morgan fingerprint density at radius 2 is 1.52 bits per heavy atom. The fraction of sp³-hybridized carbons (Fsp3) is 0.182. The first-order valence-electron chi connectivity index (χ1n) is 9.00. The van der Waals surface area contributed by atoms with Crippen molar-refractivity contribution in [2.24, 2.45) is 0 Å². The summed E-state index contributed by atoms with van der Waals surface area (Å²) < 4.78 is 49.2. The Hall–Kier alpha value is -2.42. The number of para-hydroxylation sites is 2. The van der Waals surface area contributed by atoms with Crippen LogP contribution >= 0.6 is 22.9 Å². The standard InChI is InChI=1S/C22H17F3INO2/c1-13(2)16-5-3-6-17-18-7-4-8-19(21(18)28-20(16)17)27(26)14-9-11-15(12-10-14)29-22(23,24)25/h3-13H,1-2H3. The third-order valence-electron chi connectivity index (χ3n) is 4.66. The van der Waals surface area contributed by atoms with Crippen molar-refractivity contribution in [3.63, 3.8) is 0 Å². The Kier molecular flexibility index (Phi) is 5.10. The molecule has 0 aliphatic rings. The van der Waals surface area contributed by atoms with Crippen LogP contribution in [-0.2, 0) is 0 Å². The van der Waals surface area contributed by atoms with E-state index in [0.717, 1.165) is 33.2 Å². The van der Waals surface area contributed by atoms with E-state index in [-0.39, 0.29) is 5.75 Å². The smallest absolute Gasteiger partial charge is 0.454 e. The normalized spacial score (nSPS) is 12.1. The van der Waals surface area contributed by atoms with Crippen LogP contribution in [0.15, 0.2) is 65.1 Å². The topological polar surface area (TPSA) is 25.6 Å². The number of furan rings is 1. The van der Waals surface area contributed by atoms with Crippen LogP contribution in [0.3, 0.4) is 0 Å². The molecule has 0 aliphatic heterocycles. The van der Waals surface area contributed by atoms with E-state index in [1.807, 2.05) is 33.4 Å². The van der Waals surface area contributed by atoms with Crippen molar-refractivity contribution in [2.75, 3.05) is 3.11 Å². The molecule has 3 nitrogen and oxygen atoms in total. The summed E-state index contributed by atoms with van der Waals surface area (Å²) in [5.74, 6) is 0.0640. The average Bonchev–Trinajstić information content (AvgIpc) is 3.05. The minimum atomic E-state index is -4.71. The monoisotopic (exact) mass is 511 g/mol. The maximum Gasteiger partial charge on any atom is 0.573 e. The lowest BCUT2D eigenvalue weighted by Gasteiger charge is -2.17. The van der Waals surface area contributed by atoms with Gasteiger partial charge in [0.2, 0.25) is 0 Å². The molecule has 4 aromatic rings. The van der Waals surface area contributed by atoms with Crippen LogP contribution in [-0.4, -0.2) is 6.36 Å². The minimum Gasteiger partial charge on any atom is -0.454 e. The first kappa shape index (κ1) is 19.9. The maximum atomic E-state index is 12.4. The van der Waals surface area contributed by atoms with Crippen LogP contribution in [0.5, 0.6) is 5.75 Å². The molecule has 7 heteroatoms. The molecular formula is C22H17F3INO2. The molecule has 0 bridgehead atoms. The summed E-state index contributed by atoms with van der Waals surface area (Å²) >= 11 is 2.12. The van der Waals surface area contributed by atoms with Gasteiger partial charge in [-0.1, -0.05) is 44.2 Å². The quantitative estimate of drug-likeness (QED) is 0.205. The van der Waals surface area contributed by atoms with Gasteiger partial charge in [0.1, 0.15) is 11.3 Å². The third-order valence-corrected chi connectivity index (χ3v) is 5.74. The summed E-state index contributed by atoms with van der Waals surface area (Å²) in [6.45, 7) is 4.25. The average molecular weight is 511 g/mol. The van der Waals surface area contributed by atoms with Crippen molar-refractivity contribution in [3.05, 3.63) is 66.2 Å². The van der Waals surface area contributed by atoms with E-state index in [9.17, 15) is 13.2 Å². The molecule has 1 aromatic heterocycles. The molecule has 0 radical (unpaired) electrons. The molecule has 0 unspecified atom stereocenters. The maximum absolute atomic E-state index is 12.4. The Morgan fingerprint density at radius 1 is 0.897 bits per heavy atom. The second-order valence-corrected chi connectivity index (χ2v) is 7.92. The highest BCUT2D eigenvalue weighted by molar-refractivity contribution is 14.1. The Labute approximate surface area is 179 Å². The second kappa shape index (κ2) is 7.44. The summed E-state index contributed by atoms with van der Waals surface area (Å²) in [6, 6.07) is 17.8. The molecule has 0 spiro atoms. The SMILES string of the molecule is CC(C)c1cccc2c1oc1c(N(I)c3ccc(OC(F)(F)F)cc3)cccc12. The zero-order chi connectivity index (χ0) is 20.8. The molecule has 0 aliphatic carbocycles. The number of rotatable bonds is 4. The Morgan fingerprint density at radius 3 is 2.14 bits per heavy atom. The van der Waals surface area contributed by atoms with Crippen molar-refractivity contribution in [3.8, 4) is 5.75 Å². The summed E-state index contributed by atoms with van der Waals surface area (Å²) in [5.41, 5.74) is 4.26. The van der Waals surface area contributed by atoms with Gasteiger partial charge >= 0.3 is 6.36 Å². The molecule has 3 aromatic carbocycles.